The molecular formula is C19H27N. The van der Waals surface area contributed by atoms with Crippen LogP contribution in [0.4, 0.5) is 0 Å². The Bertz CT molecular complexity index is 429. The summed E-state index contributed by atoms with van der Waals surface area (Å²) in [4.78, 5) is 2.59. The molecule has 4 bridgehead atoms. The van der Waals surface area contributed by atoms with E-state index >= 15 is 0 Å². The van der Waals surface area contributed by atoms with Crippen molar-refractivity contribution in [2.24, 2.45) is 23.2 Å². The van der Waals surface area contributed by atoms with E-state index in [-0.39, 0.29) is 0 Å². The van der Waals surface area contributed by atoms with Crippen molar-refractivity contribution in [1.82, 2.24) is 4.90 Å². The van der Waals surface area contributed by atoms with Crippen molar-refractivity contribution in [3.63, 3.8) is 0 Å². The van der Waals surface area contributed by atoms with Gasteiger partial charge in [0.05, 0.1) is 0 Å². The van der Waals surface area contributed by atoms with Gasteiger partial charge in [-0.2, -0.15) is 0 Å². The zero-order valence-corrected chi connectivity index (χ0v) is 12.7. The first-order valence-electron chi connectivity index (χ1n) is 8.43. The van der Waals surface area contributed by atoms with Crippen LogP contribution in [0.3, 0.4) is 0 Å². The standard InChI is InChI=1S/C19H27N/c1-20(13-15-5-3-2-4-6-15)14-19-10-16-7-17(11-19)9-18(8-16)12-19/h2-6,16-18H,7-14H2,1H3. The van der Waals surface area contributed by atoms with Crippen molar-refractivity contribution in [2.45, 2.75) is 45.1 Å². The molecule has 4 aliphatic carbocycles. The minimum absolute atomic E-state index is 0.679. The van der Waals surface area contributed by atoms with Crippen molar-refractivity contribution in [1.29, 1.82) is 0 Å². The molecule has 0 saturated heterocycles. The van der Waals surface area contributed by atoms with Crippen molar-refractivity contribution >= 4 is 0 Å². The molecule has 4 saturated carbocycles. The Labute approximate surface area is 123 Å². The van der Waals surface area contributed by atoms with Crippen LogP contribution in [0.25, 0.3) is 0 Å². The van der Waals surface area contributed by atoms with Gasteiger partial charge in [0.1, 0.15) is 0 Å². The van der Waals surface area contributed by atoms with Crippen LogP contribution in [-0.4, -0.2) is 18.5 Å². The summed E-state index contributed by atoms with van der Waals surface area (Å²) in [5.41, 5.74) is 2.14. The fourth-order valence-corrected chi connectivity index (χ4v) is 6.01. The summed E-state index contributed by atoms with van der Waals surface area (Å²) in [6.07, 6.45) is 9.25. The molecule has 0 radical (unpaired) electrons. The molecule has 4 aliphatic rings. The molecule has 0 amide bonds. The van der Waals surface area contributed by atoms with Crippen molar-refractivity contribution in [3.8, 4) is 0 Å². The summed E-state index contributed by atoms with van der Waals surface area (Å²) >= 11 is 0. The molecule has 0 unspecified atom stereocenters. The lowest BCUT2D eigenvalue weighted by atomic mass is 9.49. The third-order valence-corrected chi connectivity index (χ3v) is 6.07. The van der Waals surface area contributed by atoms with Crippen LogP contribution in [0.5, 0.6) is 0 Å². The molecule has 0 aromatic heterocycles. The first kappa shape index (κ1) is 12.9. The van der Waals surface area contributed by atoms with Crippen LogP contribution in [0.2, 0.25) is 0 Å². The smallest absolute Gasteiger partial charge is 0.0230 e. The second kappa shape index (κ2) is 4.87. The lowest BCUT2D eigenvalue weighted by Gasteiger charge is -2.57. The SMILES string of the molecule is CN(Cc1ccccc1)CC12CC3CC(CC(C3)C1)C2. The van der Waals surface area contributed by atoms with Crippen molar-refractivity contribution < 1.29 is 0 Å². The van der Waals surface area contributed by atoms with E-state index in [1.807, 2.05) is 0 Å². The van der Waals surface area contributed by atoms with E-state index in [1.54, 1.807) is 19.3 Å². The van der Waals surface area contributed by atoms with E-state index < -0.39 is 0 Å². The summed E-state index contributed by atoms with van der Waals surface area (Å²) < 4.78 is 0. The van der Waals surface area contributed by atoms with Gasteiger partial charge in [0.25, 0.3) is 0 Å². The van der Waals surface area contributed by atoms with Crippen LogP contribution >= 0.6 is 0 Å². The molecule has 1 heteroatoms. The molecule has 0 aliphatic heterocycles. The van der Waals surface area contributed by atoms with Crippen LogP contribution in [0.15, 0.2) is 30.3 Å². The Hall–Kier alpha value is -0.820. The quantitative estimate of drug-likeness (QED) is 0.786. The predicted molar refractivity (Wildman–Crippen MR) is 83.4 cm³/mol. The van der Waals surface area contributed by atoms with Crippen molar-refractivity contribution in [2.75, 3.05) is 13.6 Å². The van der Waals surface area contributed by atoms with E-state index in [2.05, 4.69) is 42.3 Å². The molecule has 0 N–H and O–H groups in total. The number of hydrogen-bond acceptors (Lipinski definition) is 1. The summed E-state index contributed by atoms with van der Waals surface area (Å²) in [5.74, 6) is 3.23. The van der Waals surface area contributed by atoms with Gasteiger partial charge in [0, 0.05) is 13.1 Å². The predicted octanol–water partition coefficient (Wildman–Crippen LogP) is 4.33. The first-order chi connectivity index (χ1) is 9.71. The van der Waals surface area contributed by atoms with Gasteiger partial charge in [0.2, 0.25) is 0 Å². The third-order valence-electron chi connectivity index (χ3n) is 6.07. The average Bonchev–Trinajstić information content (AvgIpc) is 2.37. The van der Waals surface area contributed by atoms with Gasteiger partial charge < -0.3 is 4.90 Å². The van der Waals surface area contributed by atoms with Gasteiger partial charge >= 0.3 is 0 Å². The van der Waals surface area contributed by atoms with Gasteiger partial charge in [-0.15, -0.1) is 0 Å². The van der Waals surface area contributed by atoms with Gasteiger partial charge in [-0.25, -0.2) is 0 Å². The topological polar surface area (TPSA) is 3.24 Å². The monoisotopic (exact) mass is 269 g/mol. The largest absolute Gasteiger partial charge is 0.302 e. The van der Waals surface area contributed by atoms with E-state index in [0.717, 1.165) is 24.3 Å². The van der Waals surface area contributed by atoms with Gasteiger partial charge in [0.15, 0.2) is 0 Å². The second-order valence-corrected chi connectivity index (χ2v) is 8.08. The van der Waals surface area contributed by atoms with Gasteiger partial charge in [-0.3, -0.25) is 0 Å². The zero-order valence-electron chi connectivity index (χ0n) is 12.7. The maximum Gasteiger partial charge on any atom is 0.0230 e. The fourth-order valence-electron chi connectivity index (χ4n) is 6.01. The van der Waals surface area contributed by atoms with E-state index in [0.29, 0.717) is 5.41 Å². The molecule has 1 aromatic rings. The average molecular weight is 269 g/mol. The Morgan fingerprint density at radius 2 is 1.50 bits per heavy atom. The van der Waals surface area contributed by atoms with Gasteiger partial charge in [-0.05, 0) is 74.3 Å². The van der Waals surface area contributed by atoms with E-state index in [1.165, 1.54) is 31.4 Å². The Morgan fingerprint density at radius 1 is 0.950 bits per heavy atom. The third kappa shape index (κ3) is 2.41. The van der Waals surface area contributed by atoms with E-state index in [4.69, 9.17) is 0 Å². The number of rotatable bonds is 4. The van der Waals surface area contributed by atoms with Crippen LogP contribution in [0.1, 0.15) is 44.1 Å². The lowest BCUT2D eigenvalue weighted by molar-refractivity contribution is -0.0670. The molecule has 1 aromatic carbocycles. The highest BCUT2D eigenvalue weighted by Gasteiger charge is 2.50. The Kier molecular flexibility index (Phi) is 3.14. The minimum Gasteiger partial charge on any atom is -0.302 e. The maximum atomic E-state index is 2.59. The molecule has 4 fully saturated rings. The number of hydrogen-bond donors (Lipinski definition) is 0. The Balaban J connectivity index is 1.43. The summed E-state index contributed by atoms with van der Waals surface area (Å²) in [6.45, 7) is 2.44. The highest BCUT2D eigenvalue weighted by molar-refractivity contribution is 5.14. The summed E-state index contributed by atoms with van der Waals surface area (Å²) in [6, 6.07) is 11.0. The van der Waals surface area contributed by atoms with Crippen LogP contribution < -0.4 is 0 Å². The number of nitrogens with zero attached hydrogens (tertiary/aromatic N) is 1. The summed E-state index contributed by atoms with van der Waals surface area (Å²) in [7, 11) is 2.32. The molecular weight excluding hydrogens is 242 g/mol. The van der Waals surface area contributed by atoms with Crippen LogP contribution in [0, 0.1) is 23.2 Å². The highest BCUT2D eigenvalue weighted by Crippen LogP contribution is 2.60. The van der Waals surface area contributed by atoms with Gasteiger partial charge in [-0.1, -0.05) is 30.3 Å². The number of benzene rings is 1. The molecule has 0 atom stereocenters. The minimum atomic E-state index is 0.679. The maximum absolute atomic E-state index is 2.59. The molecule has 20 heavy (non-hydrogen) atoms. The zero-order chi connectivity index (χ0) is 13.6. The van der Waals surface area contributed by atoms with Crippen LogP contribution in [-0.2, 0) is 6.54 Å². The fraction of sp³-hybridized carbons (Fsp3) is 0.684. The molecule has 0 spiro atoms. The normalized spacial score (nSPS) is 38.6. The highest BCUT2D eigenvalue weighted by atomic mass is 15.1. The molecule has 5 rings (SSSR count). The van der Waals surface area contributed by atoms with Crippen molar-refractivity contribution in [3.05, 3.63) is 35.9 Å². The Morgan fingerprint density at radius 3 is 2.05 bits per heavy atom. The molecule has 0 heterocycles. The lowest BCUT2D eigenvalue weighted by Crippen LogP contribution is -2.50. The summed E-state index contributed by atoms with van der Waals surface area (Å²) in [5, 5.41) is 0. The second-order valence-electron chi connectivity index (χ2n) is 8.08. The first-order valence-corrected chi connectivity index (χ1v) is 8.43. The molecule has 1 nitrogen and oxygen atoms in total. The molecule has 108 valence electrons. The van der Waals surface area contributed by atoms with E-state index in [9.17, 15) is 0 Å².